The van der Waals surface area contributed by atoms with Gasteiger partial charge in [-0.15, -0.1) is 0 Å². The summed E-state index contributed by atoms with van der Waals surface area (Å²) in [6, 6.07) is 17.4. The lowest BCUT2D eigenvalue weighted by molar-refractivity contribution is 0.0947. The van der Waals surface area contributed by atoms with Gasteiger partial charge in [0.15, 0.2) is 0 Å². The highest BCUT2D eigenvalue weighted by Gasteiger charge is 2.45. The summed E-state index contributed by atoms with van der Waals surface area (Å²) in [7, 11) is 0. The van der Waals surface area contributed by atoms with Gasteiger partial charge in [0.25, 0.3) is 11.8 Å². The highest BCUT2D eigenvalue weighted by Crippen LogP contribution is 2.51. The Morgan fingerprint density at radius 3 is 2.66 bits per heavy atom. The van der Waals surface area contributed by atoms with E-state index in [0.29, 0.717) is 30.4 Å². The van der Waals surface area contributed by atoms with E-state index in [1.807, 2.05) is 12.1 Å². The van der Waals surface area contributed by atoms with Crippen molar-refractivity contribution < 1.29 is 9.59 Å². The molecular formula is C27H26N6O2. The third-order valence-electron chi connectivity index (χ3n) is 7.40. The van der Waals surface area contributed by atoms with Crippen molar-refractivity contribution in [2.45, 2.75) is 38.4 Å². The van der Waals surface area contributed by atoms with Crippen molar-refractivity contribution in [2.24, 2.45) is 11.8 Å². The Kier molecular flexibility index (Phi) is 5.34. The summed E-state index contributed by atoms with van der Waals surface area (Å²) in [4.78, 5) is 28.1. The van der Waals surface area contributed by atoms with Crippen LogP contribution < -0.4 is 15.5 Å². The van der Waals surface area contributed by atoms with Gasteiger partial charge in [0.1, 0.15) is 5.69 Å². The molecule has 2 amide bonds. The minimum absolute atomic E-state index is 0.220. The quantitative estimate of drug-likeness (QED) is 0.578. The zero-order valence-corrected chi connectivity index (χ0v) is 19.3. The largest absolute Gasteiger partial charge is 0.322 e. The number of fused-ring (bicyclic) bond motifs is 2. The number of hydrogen-bond donors (Lipinski definition) is 2. The molecule has 2 saturated carbocycles. The fourth-order valence-corrected chi connectivity index (χ4v) is 5.42. The lowest BCUT2D eigenvalue weighted by atomic mass is 10.1. The number of anilines is 2. The van der Waals surface area contributed by atoms with E-state index < -0.39 is 5.91 Å². The van der Waals surface area contributed by atoms with Gasteiger partial charge in [-0.1, -0.05) is 18.2 Å². The van der Waals surface area contributed by atoms with Gasteiger partial charge >= 0.3 is 0 Å². The van der Waals surface area contributed by atoms with Gasteiger partial charge < -0.3 is 15.5 Å². The molecule has 1 aromatic heterocycles. The molecule has 2 heterocycles. The molecule has 0 bridgehead atoms. The van der Waals surface area contributed by atoms with Crippen LogP contribution in [0.4, 0.5) is 11.4 Å². The fraction of sp³-hybridized carbons (Fsp3) is 0.333. The first kappa shape index (κ1) is 21.6. The monoisotopic (exact) mass is 466 g/mol. The molecule has 2 aromatic carbocycles. The predicted molar refractivity (Wildman–Crippen MR) is 131 cm³/mol. The Bertz CT molecular complexity index is 1330. The molecule has 2 aliphatic carbocycles. The minimum Gasteiger partial charge on any atom is -0.322 e. The average molecular weight is 467 g/mol. The number of amides is 2. The molecule has 3 aliphatic rings. The van der Waals surface area contributed by atoms with Crippen molar-refractivity contribution in [2.75, 3.05) is 16.8 Å². The first-order valence-corrected chi connectivity index (χ1v) is 12.1. The van der Waals surface area contributed by atoms with Crippen LogP contribution in [0.5, 0.6) is 0 Å². The average Bonchev–Trinajstić information content (AvgIpc) is 3.27. The summed E-state index contributed by atoms with van der Waals surface area (Å²) in [5.41, 5.74) is 3.44. The van der Waals surface area contributed by atoms with Crippen LogP contribution in [0.1, 0.15) is 51.2 Å². The topological polar surface area (TPSA) is 103 Å². The smallest absolute Gasteiger partial charge is 0.277 e. The van der Waals surface area contributed by atoms with Crippen molar-refractivity contribution in [1.29, 1.82) is 5.26 Å². The van der Waals surface area contributed by atoms with E-state index >= 15 is 0 Å². The number of rotatable bonds is 6. The molecule has 3 aromatic rings. The van der Waals surface area contributed by atoms with Gasteiger partial charge in [-0.05, 0) is 67.0 Å². The van der Waals surface area contributed by atoms with E-state index in [2.05, 4.69) is 33.9 Å². The van der Waals surface area contributed by atoms with Gasteiger partial charge in [0, 0.05) is 30.5 Å². The SMILES string of the molecule is N#Cc1cccc(NC(=O)c2cnn3c2C(=O)N(c2ccc(CNC4CC5CC5C4)cc2)CC3)c1. The van der Waals surface area contributed by atoms with Crippen LogP contribution in [0.25, 0.3) is 0 Å². The zero-order valence-electron chi connectivity index (χ0n) is 19.3. The van der Waals surface area contributed by atoms with Crippen LogP contribution >= 0.6 is 0 Å². The van der Waals surface area contributed by atoms with Crippen molar-refractivity contribution in [3.63, 3.8) is 0 Å². The van der Waals surface area contributed by atoms with E-state index in [9.17, 15) is 9.59 Å². The number of nitriles is 1. The van der Waals surface area contributed by atoms with Gasteiger partial charge in [-0.3, -0.25) is 14.3 Å². The molecule has 8 nitrogen and oxygen atoms in total. The van der Waals surface area contributed by atoms with Crippen LogP contribution in [0.2, 0.25) is 0 Å². The summed E-state index contributed by atoms with van der Waals surface area (Å²) in [6.45, 7) is 1.83. The minimum atomic E-state index is -0.428. The van der Waals surface area contributed by atoms with E-state index in [0.717, 1.165) is 24.1 Å². The number of carbonyl (C=O) groups excluding carboxylic acids is 2. The van der Waals surface area contributed by atoms with Crippen molar-refractivity contribution >= 4 is 23.2 Å². The first-order chi connectivity index (χ1) is 17.1. The van der Waals surface area contributed by atoms with E-state index in [4.69, 9.17) is 5.26 Å². The Balaban J connectivity index is 1.15. The lowest BCUT2D eigenvalue weighted by Crippen LogP contribution is -2.41. The maximum atomic E-state index is 13.4. The highest BCUT2D eigenvalue weighted by molar-refractivity contribution is 6.15. The second-order valence-corrected chi connectivity index (χ2v) is 9.71. The second-order valence-electron chi connectivity index (χ2n) is 9.71. The van der Waals surface area contributed by atoms with Crippen LogP contribution in [0.3, 0.4) is 0 Å². The maximum Gasteiger partial charge on any atom is 0.277 e. The molecule has 0 spiro atoms. The fourth-order valence-electron chi connectivity index (χ4n) is 5.42. The summed E-state index contributed by atoms with van der Waals surface area (Å²) in [5.74, 6) is 1.24. The third-order valence-corrected chi connectivity index (χ3v) is 7.40. The van der Waals surface area contributed by atoms with Crippen molar-refractivity contribution in [1.82, 2.24) is 15.1 Å². The molecule has 1 aliphatic heterocycles. The molecular weight excluding hydrogens is 440 g/mol. The number of carbonyl (C=O) groups is 2. The normalized spacial score (nSPS) is 22.3. The summed E-state index contributed by atoms with van der Waals surface area (Å²) in [5, 5.41) is 19.8. The Morgan fingerprint density at radius 2 is 1.89 bits per heavy atom. The molecule has 0 radical (unpaired) electrons. The van der Waals surface area contributed by atoms with Crippen LogP contribution in [-0.2, 0) is 13.1 Å². The number of aromatic nitrogens is 2. The molecule has 2 N–H and O–H groups in total. The van der Waals surface area contributed by atoms with Crippen LogP contribution in [-0.4, -0.2) is 34.2 Å². The molecule has 8 heteroatoms. The number of nitrogens with one attached hydrogen (secondary N) is 2. The van der Waals surface area contributed by atoms with E-state index in [1.165, 1.54) is 31.0 Å². The molecule has 35 heavy (non-hydrogen) atoms. The van der Waals surface area contributed by atoms with Gasteiger partial charge in [0.2, 0.25) is 0 Å². The highest BCUT2D eigenvalue weighted by atomic mass is 16.2. The van der Waals surface area contributed by atoms with Crippen LogP contribution in [0, 0.1) is 23.2 Å². The molecule has 176 valence electrons. The Morgan fingerprint density at radius 1 is 1.09 bits per heavy atom. The number of nitrogens with zero attached hydrogens (tertiary/aromatic N) is 4. The van der Waals surface area contributed by atoms with E-state index in [-0.39, 0.29) is 17.2 Å². The van der Waals surface area contributed by atoms with Gasteiger partial charge in [0.05, 0.1) is 29.9 Å². The standard InChI is InChI=1S/C27H26N6O2/c28-14-18-2-1-3-21(10-18)31-26(34)24-16-30-33-9-8-32(27(35)25(24)33)23-6-4-17(5-7-23)15-29-22-12-19-11-20(19)13-22/h1-7,10,16,19-20,22,29H,8-9,11-13,15H2,(H,31,34). The lowest BCUT2D eigenvalue weighted by Gasteiger charge is -2.28. The molecule has 0 saturated heterocycles. The zero-order chi connectivity index (χ0) is 23.9. The van der Waals surface area contributed by atoms with Gasteiger partial charge in [-0.25, -0.2) is 0 Å². The van der Waals surface area contributed by atoms with Gasteiger partial charge in [-0.2, -0.15) is 10.4 Å². The van der Waals surface area contributed by atoms with E-state index in [1.54, 1.807) is 33.8 Å². The second kappa shape index (κ2) is 8.67. The Labute approximate surface area is 203 Å². The third kappa shape index (κ3) is 4.19. The van der Waals surface area contributed by atoms with Crippen molar-refractivity contribution in [3.8, 4) is 6.07 Å². The molecule has 2 atom stereocenters. The summed E-state index contributed by atoms with van der Waals surface area (Å²) >= 11 is 0. The number of benzene rings is 2. The number of hydrogen-bond acceptors (Lipinski definition) is 5. The summed E-state index contributed by atoms with van der Waals surface area (Å²) < 4.78 is 1.59. The molecule has 2 unspecified atom stereocenters. The Hall–Kier alpha value is -3.96. The summed E-state index contributed by atoms with van der Waals surface area (Å²) in [6.07, 6.45) is 5.46. The first-order valence-electron chi connectivity index (χ1n) is 12.1. The van der Waals surface area contributed by atoms with Crippen LogP contribution in [0.15, 0.2) is 54.7 Å². The van der Waals surface area contributed by atoms with Crippen molar-refractivity contribution in [3.05, 3.63) is 77.1 Å². The predicted octanol–water partition coefficient (Wildman–Crippen LogP) is 3.56. The molecule has 2 fully saturated rings. The molecule has 6 rings (SSSR count). The maximum absolute atomic E-state index is 13.4.